The molecule has 1 aromatic heterocycles. The van der Waals surface area contributed by atoms with E-state index < -0.39 is 12.6 Å². The van der Waals surface area contributed by atoms with Crippen LogP contribution in [0.1, 0.15) is 19.8 Å². The lowest BCUT2D eigenvalue weighted by Crippen LogP contribution is -2.10. The summed E-state index contributed by atoms with van der Waals surface area (Å²) in [6.07, 6.45) is -3.57. The number of halogens is 3. The van der Waals surface area contributed by atoms with Crippen LogP contribution in [0.3, 0.4) is 0 Å². The summed E-state index contributed by atoms with van der Waals surface area (Å²) in [5.41, 5.74) is 0. The molecular formula is C10H14F3N3O. The fourth-order valence-corrected chi connectivity index (χ4v) is 1.12. The van der Waals surface area contributed by atoms with E-state index in [1.165, 1.54) is 12.3 Å². The normalized spacial score (nSPS) is 11.3. The Labute approximate surface area is 97.2 Å². The fourth-order valence-electron chi connectivity index (χ4n) is 1.12. The lowest BCUT2D eigenvalue weighted by atomic mass is 10.3. The van der Waals surface area contributed by atoms with E-state index in [4.69, 9.17) is 4.74 Å². The van der Waals surface area contributed by atoms with Crippen LogP contribution in [0.2, 0.25) is 0 Å². The second-order valence-electron chi connectivity index (χ2n) is 3.32. The van der Waals surface area contributed by atoms with Gasteiger partial charge in [-0.3, -0.25) is 0 Å². The van der Waals surface area contributed by atoms with Crippen LogP contribution in [0, 0.1) is 0 Å². The van der Waals surface area contributed by atoms with Gasteiger partial charge in [-0.15, -0.1) is 0 Å². The number of anilines is 1. The third-order valence-electron chi connectivity index (χ3n) is 1.82. The quantitative estimate of drug-likeness (QED) is 0.787. The van der Waals surface area contributed by atoms with Crippen molar-refractivity contribution >= 4 is 5.95 Å². The van der Waals surface area contributed by atoms with Gasteiger partial charge in [-0.2, -0.15) is 18.2 Å². The highest BCUT2D eigenvalue weighted by atomic mass is 19.4. The minimum atomic E-state index is -4.13. The van der Waals surface area contributed by atoms with E-state index in [1.807, 2.05) is 6.92 Å². The summed E-state index contributed by atoms with van der Waals surface area (Å²) in [5, 5.41) is 2.88. The summed E-state index contributed by atoms with van der Waals surface area (Å²) in [7, 11) is 0. The Morgan fingerprint density at radius 3 is 2.82 bits per heavy atom. The average Bonchev–Trinajstić information content (AvgIpc) is 2.24. The molecule has 0 aliphatic rings. The van der Waals surface area contributed by atoms with Gasteiger partial charge in [0.05, 0.1) is 6.61 Å². The summed E-state index contributed by atoms with van der Waals surface area (Å²) in [5.74, 6) is 0.680. The Bertz CT molecular complexity index is 344. The number of aromatic nitrogens is 2. The van der Waals surface area contributed by atoms with Crippen molar-refractivity contribution in [3.8, 4) is 5.88 Å². The first-order valence-corrected chi connectivity index (χ1v) is 5.27. The smallest absolute Gasteiger partial charge is 0.389 e. The molecule has 1 N–H and O–H groups in total. The molecule has 0 fully saturated rings. The molecule has 1 aromatic rings. The third-order valence-corrected chi connectivity index (χ3v) is 1.82. The highest BCUT2D eigenvalue weighted by molar-refractivity contribution is 5.26. The van der Waals surface area contributed by atoms with Crippen molar-refractivity contribution in [1.29, 1.82) is 0 Å². The van der Waals surface area contributed by atoms with Crippen LogP contribution in [-0.2, 0) is 0 Å². The van der Waals surface area contributed by atoms with Crippen LogP contribution in [0.15, 0.2) is 12.3 Å². The van der Waals surface area contributed by atoms with E-state index in [2.05, 4.69) is 15.3 Å². The highest BCUT2D eigenvalue weighted by Gasteiger charge is 2.26. The molecule has 0 bridgehead atoms. The Hall–Kier alpha value is -1.53. The Morgan fingerprint density at radius 1 is 1.41 bits per heavy atom. The molecule has 4 nitrogen and oxygen atoms in total. The zero-order valence-electron chi connectivity index (χ0n) is 9.42. The molecule has 0 saturated carbocycles. The monoisotopic (exact) mass is 249 g/mol. The summed E-state index contributed by atoms with van der Waals surface area (Å²) < 4.78 is 40.7. The van der Waals surface area contributed by atoms with E-state index in [0.717, 1.165) is 0 Å². The van der Waals surface area contributed by atoms with Crippen LogP contribution in [0.25, 0.3) is 0 Å². The van der Waals surface area contributed by atoms with Crippen LogP contribution < -0.4 is 10.1 Å². The van der Waals surface area contributed by atoms with Crippen molar-refractivity contribution in [2.45, 2.75) is 25.9 Å². The molecule has 0 atom stereocenters. The topological polar surface area (TPSA) is 47.0 Å². The van der Waals surface area contributed by atoms with Gasteiger partial charge in [0.1, 0.15) is 0 Å². The number of hydrogen-bond donors (Lipinski definition) is 1. The third kappa shape index (κ3) is 5.94. The van der Waals surface area contributed by atoms with E-state index in [0.29, 0.717) is 12.5 Å². The summed E-state index contributed by atoms with van der Waals surface area (Å²) in [6, 6.07) is 1.51. The molecule has 0 spiro atoms. The maximum absolute atomic E-state index is 11.9. The molecule has 1 heterocycles. The zero-order chi connectivity index (χ0) is 12.7. The second kappa shape index (κ2) is 6.27. The minimum Gasteiger partial charge on any atom is -0.478 e. The molecule has 0 aliphatic carbocycles. The van der Waals surface area contributed by atoms with Gasteiger partial charge in [0.15, 0.2) is 0 Å². The molecule has 0 saturated heterocycles. The zero-order valence-corrected chi connectivity index (χ0v) is 9.42. The molecular weight excluding hydrogens is 235 g/mol. The molecule has 0 unspecified atom stereocenters. The SMILES string of the molecule is CCNc1nccc(OCCCC(F)(F)F)n1. The van der Waals surface area contributed by atoms with Crippen molar-refractivity contribution in [3.05, 3.63) is 12.3 Å². The second-order valence-corrected chi connectivity index (χ2v) is 3.32. The number of rotatable bonds is 6. The van der Waals surface area contributed by atoms with Gasteiger partial charge in [0.2, 0.25) is 11.8 Å². The van der Waals surface area contributed by atoms with Crippen LogP contribution >= 0.6 is 0 Å². The predicted octanol–water partition coefficient (Wildman–Crippen LogP) is 2.63. The van der Waals surface area contributed by atoms with Crippen molar-refractivity contribution < 1.29 is 17.9 Å². The standard InChI is InChI=1S/C10H14F3N3O/c1-2-14-9-15-6-4-8(16-9)17-7-3-5-10(11,12)13/h4,6H,2-3,5,7H2,1H3,(H,14,15,16). The number of ether oxygens (including phenoxy) is 1. The molecule has 0 aliphatic heterocycles. The Kier molecular flexibility index (Phi) is 4.99. The largest absolute Gasteiger partial charge is 0.478 e. The van der Waals surface area contributed by atoms with Gasteiger partial charge in [0, 0.05) is 25.2 Å². The molecule has 7 heteroatoms. The maximum Gasteiger partial charge on any atom is 0.389 e. The van der Waals surface area contributed by atoms with E-state index in [-0.39, 0.29) is 18.9 Å². The molecule has 0 amide bonds. The summed E-state index contributed by atoms with van der Waals surface area (Å²) in [4.78, 5) is 7.89. The fraction of sp³-hybridized carbons (Fsp3) is 0.600. The van der Waals surface area contributed by atoms with Crippen LogP contribution in [0.4, 0.5) is 19.1 Å². The van der Waals surface area contributed by atoms with E-state index >= 15 is 0 Å². The number of alkyl halides is 3. The van der Waals surface area contributed by atoms with Crippen molar-refractivity contribution in [1.82, 2.24) is 9.97 Å². The van der Waals surface area contributed by atoms with E-state index in [9.17, 15) is 13.2 Å². The van der Waals surface area contributed by atoms with Gasteiger partial charge in [-0.05, 0) is 13.3 Å². The Balaban J connectivity index is 2.34. The molecule has 0 aromatic carbocycles. The predicted molar refractivity (Wildman–Crippen MR) is 57.0 cm³/mol. The summed E-state index contributed by atoms with van der Waals surface area (Å²) in [6.45, 7) is 2.54. The van der Waals surface area contributed by atoms with Gasteiger partial charge < -0.3 is 10.1 Å². The first-order chi connectivity index (χ1) is 8.01. The first-order valence-electron chi connectivity index (χ1n) is 5.27. The van der Waals surface area contributed by atoms with Crippen molar-refractivity contribution in [3.63, 3.8) is 0 Å². The highest BCUT2D eigenvalue weighted by Crippen LogP contribution is 2.21. The van der Waals surface area contributed by atoms with Crippen molar-refractivity contribution in [2.75, 3.05) is 18.5 Å². The molecule has 0 radical (unpaired) electrons. The molecule has 17 heavy (non-hydrogen) atoms. The lowest BCUT2D eigenvalue weighted by Gasteiger charge is -2.08. The molecule has 96 valence electrons. The minimum absolute atomic E-state index is 0.0118. The van der Waals surface area contributed by atoms with Gasteiger partial charge >= 0.3 is 6.18 Å². The van der Waals surface area contributed by atoms with E-state index in [1.54, 1.807) is 0 Å². The number of hydrogen-bond acceptors (Lipinski definition) is 4. The number of nitrogens with zero attached hydrogens (tertiary/aromatic N) is 2. The van der Waals surface area contributed by atoms with Crippen LogP contribution in [-0.4, -0.2) is 29.3 Å². The molecule has 1 rings (SSSR count). The Morgan fingerprint density at radius 2 is 2.18 bits per heavy atom. The maximum atomic E-state index is 11.9. The summed E-state index contributed by atoms with van der Waals surface area (Å²) >= 11 is 0. The van der Waals surface area contributed by atoms with Crippen LogP contribution in [0.5, 0.6) is 5.88 Å². The van der Waals surface area contributed by atoms with Crippen molar-refractivity contribution in [2.24, 2.45) is 0 Å². The lowest BCUT2D eigenvalue weighted by molar-refractivity contribution is -0.136. The average molecular weight is 249 g/mol. The number of nitrogens with one attached hydrogen (secondary N) is 1. The van der Waals surface area contributed by atoms with Gasteiger partial charge in [-0.1, -0.05) is 0 Å². The van der Waals surface area contributed by atoms with Gasteiger partial charge in [-0.25, -0.2) is 4.98 Å². The van der Waals surface area contributed by atoms with Gasteiger partial charge in [0.25, 0.3) is 0 Å². The first kappa shape index (κ1) is 13.5.